The Labute approximate surface area is 188 Å². The molecule has 1 N–H and O–H groups in total. The molecule has 0 unspecified atom stereocenters. The lowest BCUT2D eigenvalue weighted by molar-refractivity contribution is -0.139. The lowest BCUT2D eigenvalue weighted by atomic mass is 10.0. The van der Waals surface area contributed by atoms with Crippen molar-refractivity contribution >= 4 is 5.97 Å². The molecule has 5 rings (SSSR count). The molecule has 7 heteroatoms. The van der Waals surface area contributed by atoms with Gasteiger partial charge in [0.2, 0.25) is 5.89 Å². The van der Waals surface area contributed by atoms with Crippen molar-refractivity contribution < 1.29 is 23.5 Å². The summed E-state index contributed by atoms with van der Waals surface area (Å²) in [5.41, 5.74) is 4.96. The Kier molecular flexibility index (Phi) is 5.43. The van der Waals surface area contributed by atoms with Crippen molar-refractivity contribution in [3.8, 4) is 51.0 Å². The van der Waals surface area contributed by atoms with E-state index in [0.29, 0.717) is 34.4 Å². The summed E-state index contributed by atoms with van der Waals surface area (Å²) in [6, 6.07) is 25.1. The van der Waals surface area contributed by atoms with Gasteiger partial charge in [-0.1, -0.05) is 66.7 Å². The average Bonchev–Trinajstić information content (AvgIpc) is 3.53. The molecule has 0 aliphatic rings. The maximum absolute atomic E-state index is 10.8. The molecule has 162 valence electrons. The Morgan fingerprint density at radius 3 is 2.36 bits per heavy atom. The molecule has 2 aromatic heterocycles. The Morgan fingerprint density at radius 2 is 1.58 bits per heavy atom. The Morgan fingerprint density at radius 1 is 0.848 bits per heavy atom. The summed E-state index contributed by atoms with van der Waals surface area (Å²) in [4.78, 5) is 19.6. The molecule has 0 saturated heterocycles. The predicted octanol–water partition coefficient (Wildman–Crippen LogP) is 5.79. The third kappa shape index (κ3) is 4.38. The quantitative estimate of drug-likeness (QED) is 0.343. The number of ether oxygens (including phenoxy) is 1. The van der Waals surface area contributed by atoms with Crippen LogP contribution in [-0.2, 0) is 4.79 Å². The van der Waals surface area contributed by atoms with Gasteiger partial charge in [0, 0.05) is 11.1 Å². The van der Waals surface area contributed by atoms with Gasteiger partial charge in [-0.15, -0.1) is 0 Å². The van der Waals surface area contributed by atoms with Crippen LogP contribution in [0.15, 0.2) is 100 Å². The number of nitrogens with zero attached hydrogens (tertiary/aromatic N) is 2. The number of carboxylic acid groups (broad SMARTS) is 1. The summed E-state index contributed by atoms with van der Waals surface area (Å²) in [6.45, 7) is -0.432. The molecular weight excluding hydrogens is 420 g/mol. The molecule has 0 amide bonds. The summed E-state index contributed by atoms with van der Waals surface area (Å²) in [5, 5.41) is 8.82. The molecular formula is C26H18N2O5. The molecule has 0 radical (unpaired) electrons. The highest BCUT2D eigenvalue weighted by molar-refractivity contribution is 5.75. The van der Waals surface area contributed by atoms with E-state index in [1.165, 1.54) is 6.39 Å². The van der Waals surface area contributed by atoms with Crippen LogP contribution in [0.5, 0.6) is 5.75 Å². The van der Waals surface area contributed by atoms with E-state index in [1.54, 1.807) is 24.5 Å². The summed E-state index contributed by atoms with van der Waals surface area (Å²) < 4.78 is 16.5. The zero-order valence-corrected chi connectivity index (χ0v) is 17.3. The summed E-state index contributed by atoms with van der Waals surface area (Å²) in [6.07, 6.45) is 2.89. The van der Waals surface area contributed by atoms with Gasteiger partial charge in [0.25, 0.3) is 0 Å². The van der Waals surface area contributed by atoms with E-state index in [9.17, 15) is 4.79 Å². The molecule has 7 nitrogen and oxygen atoms in total. The third-order valence-electron chi connectivity index (χ3n) is 5.02. The molecule has 2 heterocycles. The van der Waals surface area contributed by atoms with E-state index in [1.807, 2.05) is 48.5 Å². The average molecular weight is 438 g/mol. The van der Waals surface area contributed by atoms with Gasteiger partial charge in [0.15, 0.2) is 24.5 Å². The number of carboxylic acids is 1. The number of oxazole rings is 2. The van der Waals surface area contributed by atoms with E-state index in [4.69, 9.17) is 18.7 Å². The number of hydrogen-bond acceptors (Lipinski definition) is 6. The fourth-order valence-corrected chi connectivity index (χ4v) is 3.45. The Bertz CT molecular complexity index is 1390. The van der Waals surface area contributed by atoms with E-state index in [0.717, 1.165) is 16.7 Å². The van der Waals surface area contributed by atoms with Gasteiger partial charge in [-0.2, -0.15) is 0 Å². The van der Waals surface area contributed by atoms with Crippen LogP contribution in [-0.4, -0.2) is 27.7 Å². The first-order chi connectivity index (χ1) is 16.2. The molecule has 0 bridgehead atoms. The maximum atomic E-state index is 10.8. The predicted molar refractivity (Wildman–Crippen MR) is 121 cm³/mol. The van der Waals surface area contributed by atoms with Crippen LogP contribution in [0.1, 0.15) is 0 Å². The molecule has 0 aliphatic heterocycles. The highest BCUT2D eigenvalue weighted by atomic mass is 16.5. The van der Waals surface area contributed by atoms with Crippen LogP contribution in [0.25, 0.3) is 45.3 Å². The second kappa shape index (κ2) is 8.84. The van der Waals surface area contributed by atoms with Gasteiger partial charge in [-0.05, 0) is 23.3 Å². The second-order valence-corrected chi connectivity index (χ2v) is 7.22. The van der Waals surface area contributed by atoms with Crippen LogP contribution < -0.4 is 4.74 Å². The minimum absolute atomic E-state index is 0.317. The van der Waals surface area contributed by atoms with Crippen molar-refractivity contribution in [2.75, 3.05) is 6.61 Å². The Balaban J connectivity index is 1.40. The number of hydrogen-bond donors (Lipinski definition) is 1. The van der Waals surface area contributed by atoms with Crippen LogP contribution in [0.4, 0.5) is 0 Å². The van der Waals surface area contributed by atoms with Crippen LogP contribution in [0.2, 0.25) is 0 Å². The van der Waals surface area contributed by atoms with Gasteiger partial charge in [0.1, 0.15) is 17.7 Å². The SMILES string of the molecule is O=C(O)COc1cccc(-c2ocnc2-c2nc(-c3ccc(-c4ccccc4)cc3)co2)c1. The lowest BCUT2D eigenvalue weighted by Crippen LogP contribution is -2.09. The molecule has 0 spiro atoms. The molecule has 0 saturated carbocycles. The molecule has 3 aromatic carbocycles. The van der Waals surface area contributed by atoms with E-state index >= 15 is 0 Å². The molecule has 33 heavy (non-hydrogen) atoms. The number of aliphatic carboxylic acids is 1. The normalized spacial score (nSPS) is 10.8. The number of benzene rings is 3. The number of rotatable bonds is 7. The van der Waals surface area contributed by atoms with E-state index in [2.05, 4.69) is 22.1 Å². The smallest absolute Gasteiger partial charge is 0.341 e. The van der Waals surface area contributed by atoms with Gasteiger partial charge in [-0.25, -0.2) is 14.8 Å². The molecule has 0 aliphatic carbocycles. The molecule has 0 atom stereocenters. The zero-order chi connectivity index (χ0) is 22.6. The summed E-state index contributed by atoms with van der Waals surface area (Å²) >= 11 is 0. The standard InChI is InChI=1S/C26H18N2O5/c29-23(30)15-31-21-8-4-7-20(13-21)25-24(27-16-33-25)26-28-22(14-32-26)19-11-9-18(10-12-19)17-5-2-1-3-6-17/h1-14,16H,15H2,(H,29,30). The first kappa shape index (κ1) is 20.3. The number of carbonyl (C=O) groups is 1. The zero-order valence-electron chi connectivity index (χ0n) is 17.3. The first-order valence-electron chi connectivity index (χ1n) is 10.2. The van der Waals surface area contributed by atoms with E-state index < -0.39 is 12.6 Å². The van der Waals surface area contributed by atoms with Crippen LogP contribution in [0, 0.1) is 0 Å². The lowest BCUT2D eigenvalue weighted by Gasteiger charge is -2.05. The maximum Gasteiger partial charge on any atom is 0.341 e. The monoisotopic (exact) mass is 438 g/mol. The summed E-state index contributed by atoms with van der Waals surface area (Å²) in [5.74, 6) is 0.120. The van der Waals surface area contributed by atoms with Gasteiger partial charge >= 0.3 is 5.97 Å². The number of aromatic nitrogens is 2. The fourth-order valence-electron chi connectivity index (χ4n) is 3.45. The molecule has 0 fully saturated rings. The second-order valence-electron chi connectivity index (χ2n) is 7.22. The van der Waals surface area contributed by atoms with Crippen molar-refractivity contribution in [3.63, 3.8) is 0 Å². The van der Waals surface area contributed by atoms with Gasteiger partial charge < -0.3 is 18.7 Å². The third-order valence-corrected chi connectivity index (χ3v) is 5.02. The van der Waals surface area contributed by atoms with Gasteiger partial charge in [0.05, 0.1) is 0 Å². The van der Waals surface area contributed by atoms with Crippen molar-refractivity contribution in [1.29, 1.82) is 0 Å². The topological polar surface area (TPSA) is 98.6 Å². The van der Waals surface area contributed by atoms with Crippen molar-refractivity contribution in [3.05, 3.63) is 91.5 Å². The highest BCUT2D eigenvalue weighted by Gasteiger charge is 2.19. The van der Waals surface area contributed by atoms with Crippen LogP contribution in [0.3, 0.4) is 0 Å². The molecule has 5 aromatic rings. The van der Waals surface area contributed by atoms with Crippen molar-refractivity contribution in [1.82, 2.24) is 9.97 Å². The van der Waals surface area contributed by atoms with E-state index in [-0.39, 0.29) is 0 Å². The van der Waals surface area contributed by atoms with Crippen molar-refractivity contribution in [2.24, 2.45) is 0 Å². The first-order valence-corrected chi connectivity index (χ1v) is 10.2. The highest BCUT2D eigenvalue weighted by Crippen LogP contribution is 2.34. The minimum Gasteiger partial charge on any atom is -0.482 e. The van der Waals surface area contributed by atoms with Gasteiger partial charge in [-0.3, -0.25) is 0 Å². The minimum atomic E-state index is -1.05. The fraction of sp³-hybridized carbons (Fsp3) is 0.0385. The Hall–Kier alpha value is -4.65. The van der Waals surface area contributed by atoms with Crippen LogP contribution >= 0.6 is 0 Å². The largest absolute Gasteiger partial charge is 0.482 e. The summed E-state index contributed by atoms with van der Waals surface area (Å²) in [7, 11) is 0. The van der Waals surface area contributed by atoms with Crippen molar-refractivity contribution in [2.45, 2.75) is 0 Å².